The first-order chi connectivity index (χ1) is 7.69. The Bertz CT molecular complexity index is 220. The first kappa shape index (κ1) is 13.5. The molecule has 1 atom stereocenters. The number of carbonyl (C=O) groups excluding carboxylic acids is 1. The average Bonchev–Trinajstić information content (AvgIpc) is 2.47. The summed E-state index contributed by atoms with van der Waals surface area (Å²) in [5.41, 5.74) is 5.45. The maximum absolute atomic E-state index is 12.0. The second kappa shape index (κ2) is 6.86. The lowest BCUT2D eigenvalue weighted by Gasteiger charge is -2.30. The predicted octanol–water partition coefficient (Wildman–Crippen LogP) is 0.668. The van der Waals surface area contributed by atoms with Crippen LogP contribution >= 0.6 is 0 Å². The van der Waals surface area contributed by atoms with E-state index < -0.39 is 0 Å². The monoisotopic (exact) mass is 227 g/mol. The Balaban J connectivity index is 2.56. The highest BCUT2D eigenvalue weighted by atomic mass is 16.2. The first-order valence-electron chi connectivity index (χ1n) is 6.37. The van der Waals surface area contributed by atoms with Crippen LogP contribution in [0.2, 0.25) is 0 Å². The Kier molecular flexibility index (Phi) is 5.77. The number of hydrogen-bond acceptors (Lipinski definition) is 3. The minimum Gasteiger partial charge on any atom is -0.338 e. The van der Waals surface area contributed by atoms with Crippen LogP contribution in [0.5, 0.6) is 0 Å². The summed E-state index contributed by atoms with van der Waals surface area (Å²) in [6, 6.07) is 0.387. The van der Waals surface area contributed by atoms with Crippen molar-refractivity contribution >= 4 is 5.91 Å². The average molecular weight is 227 g/mol. The molecule has 1 fully saturated rings. The third kappa shape index (κ3) is 3.76. The van der Waals surface area contributed by atoms with E-state index in [1.165, 1.54) is 0 Å². The van der Waals surface area contributed by atoms with Crippen molar-refractivity contribution in [1.29, 1.82) is 0 Å². The molecular formula is C12H25N3O. The summed E-state index contributed by atoms with van der Waals surface area (Å²) in [6.45, 7) is 5.78. The quantitative estimate of drug-likeness (QED) is 0.768. The first-order valence-corrected chi connectivity index (χ1v) is 6.37. The minimum atomic E-state index is 0.285. The van der Waals surface area contributed by atoms with E-state index in [2.05, 4.69) is 23.8 Å². The van der Waals surface area contributed by atoms with Crippen LogP contribution in [0.25, 0.3) is 0 Å². The lowest BCUT2D eigenvalue weighted by atomic mass is 10.1. The lowest BCUT2D eigenvalue weighted by Crippen LogP contribution is -2.43. The molecule has 0 aromatic rings. The van der Waals surface area contributed by atoms with Gasteiger partial charge in [-0.1, -0.05) is 6.92 Å². The van der Waals surface area contributed by atoms with Gasteiger partial charge in [0, 0.05) is 25.6 Å². The Morgan fingerprint density at radius 3 is 2.81 bits per heavy atom. The van der Waals surface area contributed by atoms with Crippen molar-refractivity contribution in [1.82, 2.24) is 9.80 Å². The summed E-state index contributed by atoms with van der Waals surface area (Å²) >= 11 is 0. The molecule has 0 aromatic heterocycles. The standard InChI is InChI=1S/C12H25N3O/c1-3-11-10-14(2)8-5-9-15(11)12(16)6-4-7-13/h11H,3-10,13H2,1-2H3. The van der Waals surface area contributed by atoms with Gasteiger partial charge in [0.2, 0.25) is 5.91 Å². The maximum Gasteiger partial charge on any atom is 0.222 e. The zero-order chi connectivity index (χ0) is 12.0. The molecule has 1 aliphatic heterocycles. The second-order valence-electron chi connectivity index (χ2n) is 4.66. The Morgan fingerprint density at radius 2 is 2.19 bits per heavy atom. The predicted molar refractivity (Wildman–Crippen MR) is 66.2 cm³/mol. The minimum absolute atomic E-state index is 0.285. The van der Waals surface area contributed by atoms with Crippen LogP contribution in [0, 0.1) is 0 Å². The fraction of sp³-hybridized carbons (Fsp3) is 0.917. The molecule has 1 unspecified atom stereocenters. The normalized spacial score (nSPS) is 23.2. The van der Waals surface area contributed by atoms with Gasteiger partial charge in [0.1, 0.15) is 0 Å². The molecule has 1 aliphatic rings. The molecular weight excluding hydrogens is 202 g/mol. The van der Waals surface area contributed by atoms with Gasteiger partial charge in [-0.3, -0.25) is 4.79 Å². The largest absolute Gasteiger partial charge is 0.338 e. The van der Waals surface area contributed by atoms with Gasteiger partial charge in [0.25, 0.3) is 0 Å². The van der Waals surface area contributed by atoms with Crippen molar-refractivity contribution in [3.05, 3.63) is 0 Å². The molecule has 16 heavy (non-hydrogen) atoms. The zero-order valence-corrected chi connectivity index (χ0v) is 10.6. The summed E-state index contributed by atoms with van der Waals surface area (Å²) in [7, 11) is 2.14. The topological polar surface area (TPSA) is 49.6 Å². The number of carbonyl (C=O) groups is 1. The van der Waals surface area contributed by atoms with E-state index in [0.29, 0.717) is 19.0 Å². The molecule has 0 aliphatic carbocycles. The van der Waals surface area contributed by atoms with Crippen LogP contribution in [0.15, 0.2) is 0 Å². The van der Waals surface area contributed by atoms with E-state index in [0.717, 1.165) is 38.9 Å². The van der Waals surface area contributed by atoms with Crippen LogP contribution in [-0.2, 0) is 4.79 Å². The molecule has 1 rings (SSSR count). The van der Waals surface area contributed by atoms with E-state index in [1.54, 1.807) is 0 Å². The van der Waals surface area contributed by atoms with Crippen LogP contribution in [0.3, 0.4) is 0 Å². The van der Waals surface area contributed by atoms with Crippen LogP contribution < -0.4 is 5.73 Å². The lowest BCUT2D eigenvalue weighted by molar-refractivity contribution is -0.133. The van der Waals surface area contributed by atoms with Crippen molar-refractivity contribution in [2.45, 2.75) is 38.6 Å². The Labute approximate surface area is 98.8 Å². The molecule has 0 spiro atoms. The molecule has 0 radical (unpaired) electrons. The van der Waals surface area contributed by atoms with Gasteiger partial charge in [-0.05, 0) is 39.4 Å². The Hall–Kier alpha value is -0.610. The fourth-order valence-corrected chi connectivity index (χ4v) is 2.32. The van der Waals surface area contributed by atoms with Crippen LogP contribution in [-0.4, -0.2) is 55.0 Å². The number of amides is 1. The summed E-state index contributed by atoms with van der Waals surface area (Å²) in [5, 5.41) is 0. The summed E-state index contributed by atoms with van der Waals surface area (Å²) in [6.07, 6.45) is 3.54. The number of rotatable bonds is 4. The molecule has 2 N–H and O–H groups in total. The van der Waals surface area contributed by atoms with Gasteiger partial charge in [-0.15, -0.1) is 0 Å². The van der Waals surface area contributed by atoms with Gasteiger partial charge < -0.3 is 15.5 Å². The van der Waals surface area contributed by atoms with Crippen molar-refractivity contribution in [3.8, 4) is 0 Å². The van der Waals surface area contributed by atoms with Gasteiger partial charge in [-0.2, -0.15) is 0 Å². The molecule has 1 heterocycles. The smallest absolute Gasteiger partial charge is 0.222 e. The van der Waals surface area contributed by atoms with Crippen molar-refractivity contribution in [3.63, 3.8) is 0 Å². The van der Waals surface area contributed by atoms with E-state index in [9.17, 15) is 4.79 Å². The number of likely N-dealkylation sites (N-methyl/N-ethyl adjacent to an activating group) is 1. The van der Waals surface area contributed by atoms with Gasteiger partial charge in [0.05, 0.1) is 0 Å². The van der Waals surface area contributed by atoms with Gasteiger partial charge >= 0.3 is 0 Å². The molecule has 1 saturated heterocycles. The van der Waals surface area contributed by atoms with Crippen molar-refractivity contribution < 1.29 is 4.79 Å². The zero-order valence-electron chi connectivity index (χ0n) is 10.6. The summed E-state index contributed by atoms with van der Waals surface area (Å²) in [4.78, 5) is 16.4. The van der Waals surface area contributed by atoms with Crippen LogP contribution in [0.4, 0.5) is 0 Å². The highest BCUT2D eigenvalue weighted by Gasteiger charge is 2.25. The second-order valence-corrected chi connectivity index (χ2v) is 4.66. The molecule has 0 saturated carbocycles. The van der Waals surface area contributed by atoms with Crippen molar-refractivity contribution in [2.75, 3.05) is 33.2 Å². The summed E-state index contributed by atoms with van der Waals surface area (Å²) < 4.78 is 0. The van der Waals surface area contributed by atoms with Crippen molar-refractivity contribution in [2.24, 2.45) is 5.73 Å². The third-order valence-electron chi connectivity index (χ3n) is 3.29. The highest BCUT2D eigenvalue weighted by Crippen LogP contribution is 2.13. The highest BCUT2D eigenvalue weighted by molar-refractivity contribution is 5.76. The van der Waals surface area contributed by atoms with Gasteiger partial charge in [-0.25, -0.2) is 0 Å². The number of nitrogens with two attached hydrogens (primary N) is 1. The molecule has 1 amide bonds. The van der Waals surface area contributed by atoms with Crippen LogP contribution in [0.1, 0.15) is 32.6 Å². The van der Waals surface area contributed by atoms with E-state index in [1.807, 2.05) is 0 Å². The molecule has 4 nitrogen and oxygen atoms in total. The van der Waals surface area contributed by atoms with Gasteiger partial charge in [0.15, 0.2) is 0 Å². The third-order valence-corrected chi connectivity index (χ3v) is 3.29. The Morgan fingerprint density at radius 1 is 1.44 bits per heavy atom. The summed E-state index contributed by atoms with van der Waals surface area (Å²) in [5.74, 6) is 0.285. The fourth-order valence-electron chi connectivity index (χ4n) is 2.32. The molecule has 94 valence electrons. The van der Waals surface area contributed by atoms with E-state index >= 15 is 0 Å². The maximum atomic E-state index is 12.0. The molecule has 0 bridgehead atoms. The van der Waals surface area contributed by atoms with E-state index in [-0.39, 0.29) is 5.91 Å². The molecule has 4 heteroatoms. The molecule has 0 aromatic carbocycles. The van der Waals surface area contributed by atoms with E-state index in [4.69, 9.17) is 5.73 Å². The number of nitrogens with zero attached hydrogens (tertiary/aromatic N) is 2. The SMILES string of the molecule is CCC1CN(C)CCCN1C(=O)CCCN. The number of hydrogen-bond donors (Lipinski definition) is 1.